The number of carbonyl (C=O) groups is 2. The largest absolute Gasteiger partial charge is 0.465 e. The van der Waals surface area contributed by atoms with Crippen LogP contribution in [-0.2, 0) is 14.3 Å². The Bertz CT molecular complexity index is 1030. The molecule has 3 rings (SSSR count). The third-order valence-corrected chi connectivity index (χ3v) is 5.05. The summed E-state index contributed by atoms with van der Waals surface area (Å²) < 4.78 is 6.77. The highest BCUT2D eigenvalue weighted by atomic mass is 35.5. The Balaban J connectivity index is 2.15. The molecule has 7 heteroatoms. The first-order valence-corrected chi connectivity index (χ1v) is 8.97. The minimum Gasteiger partial charge on any atom is -0.465 e. The number of nitrogens with one attached hydrogen (secondary N) is 1. The summed E-state index contributed by atoms with van der Waals surface area (Å²) in [5.41, 5.74) is 4.33. The molecule has 0 atom stereocenters. The van der Waals surface area contributed by atoms with E-state index in [9.17, 15) is 9.59 Å². The number of hydrogen-bond acceptors (Lipinski definition) is 3. The van der Waals surface area contributed by atoms with Crippen LogP contribution in [0.25, 0.3) is 11.8 Å². The van der Waals surface area contributed by atoms with Gasteiger partial charge < -0.3 is 14.6 Å². The maximum absolute atomic E-state index is 12.3. The highest BCUT2D eigenvalue weighted by Crippen LogP contribution is 2.31. The van der Waals surface area contributed by atoms with Crippen LogP contribution in [0, 0.1) is 13.8 Å². The lowest BCUT2D eigenvalue weighted by molar-refractivity contribution is -0.136. The first-order chi connectivity index (χ1) is 12.7. The Kier molecular flexibility index (Phi) is 5.18. The van der Waals surface area contributed by atoms with E-state index in [1.807, 2.05) is 24.5 Å². The van der Waals surface area contributed by atoms with Crippen LogP contribution in [0.15, 0.2) is 41.1 Å². The average Bonchev–Trinajstić information content (AvgIpc) is 3.05. The van der Waals surface area contributed by atoms with Crippen LogP contribution >= 0.6 is 23.2 Å². The van der Waals surface area contributed by atoms with E-state index in [1.165, 1.54) is 7.11 Å². The lowest BCUT2D eigenvalue weighted by Crippen LogP contribution is -2.15. The molecular weight excluding hydrogens is 387 g/mol. The van der Waals surface area contributed by atoms with Gasteiger partial charge in [-0.2, -0.15) is 0 Å². The molecule has 0 radical (unpaired) electrons. The second kappa shape index (κ2) is 7.25. The number of esters is 1. The van der Waals surface area contributed by atoms with Crippen molar-refractivity contribution in [2.24, 2.45) is 0 Å². The molecule has 2 heterocycles. The third-order valence-electron chi connectivity index (χ3n) is 4.50. The Hall–Kier alpha value is -2.50. The van der Waals surface area contributed by atoms with Crippen LogP contribution in [0.3, 0.4) is 0 Å². The number of hydrogen-bond donors (Lipinski definition) is 1. The molecule has 1 aliphatic rings. The van der Waals surface area contributed by atoms with Crippen LogP contribution in [0.5, 0.6) is 0 Å². The molecule has 0 aliphatic carbocycles. The quantitative estimate of drug-likeness (QED) is 0.610. The summed E-state index contributed by atoms with van der Waals surface area (Å²) in [6, 6.07) is 7.17. The van der Waals surface area contributed by atoms with Crippen LogP contribution in [0.2, 0.25) is 10.0 Å². The fraction of sp³-hybridized carbons (Fsp3) is 0.200. The van der Waals surface area contributed by atoms with Crippen LogP contribution in [0.4, 0.5) is 0 Å². The minimum atomic E-state index is -0.552. The van der Waals surface area contributed by atoms with E-state index in [1.54, 1.807) is 31.2 Å². The smallest absolute Gasteiger partial charge is 0.340 e. The molecule has 5 nitrogen and oxygen atoms in total. The van der Waals surface area contributed by atoms with Gasteiger partial charge in [0.1, 0.15) is 0 Å². The summed E-state index contributed by atoms with van der Waals surface area (Å²) >= 11 is 12.5. The number of benzene rings is 1. The van der Waals surface area contributed by atoms with Gasteiger partial charge >= 0.3 is 5.97 Å². The SMILES string of the molecule is COC(=O)C1=C(C)NC(=O)/C1=C/c1cc(C)n(-c2cc(Cl)ccc2Cl)c1C. The Morgan fingerprint density at radius 1 is 1.19 bits per heavy atom. The molecule has 140 valence electrons. The number of amides is 1. The van der Waals surface area contributed by atoms with E-state index >= 15 is 0 Å². The molecule has 27 heavy (non-hydrogen) atoms. The Morgan fingerprint density at radius 2 is 1.89 bits per heavy atom. The second-order valence-corrected chi connectivity index (χ2v) is 7.10. The molecule has 1 aromatic carbocycles. The van der Waals surface area contributed by atoms with Gasteiger partial charge in [-0.25, -0.2) is 4.79 Å². The summed E-state index contributed by atoms with van der Waals surface area (Å²) in [4.78, 5) is 24.4. The van der Waals surface area contributed by atoms with Gasteiger partial charge in [0.15, 0.2) is 0 Å². The second-order valence-electron chi connectivity index (χ2n) is 6.26. The van der Waals surface area contributed by atoms with Crippen molar-refractivity contribution in [3.8, 4) is 5.69 Å². The van der Waals surface area contributed by atoms with Crippen LogP contribution < -0.4 is 5.32 Å². The summed E-state index contributed by atoms with van der Waals surface area (Å²) in [6.45, 7) is 5.52. The molecule has 0 saturated heterocycles. The van der Waals surface area contributed by atoms with E-state index in [-0.39, 0.29) is 17.1 Å². The molecule has 0 fully saturated rings. The predicted octanol–water partition coefficient (Wildman–Crippen LogP) is 4.36. The lowest BCUT2D eigenvalue weighted by Gasteiger charge is -2.12. The molecular formula is C20H18Cl2N2O3. The maximum atomic E-state index is 12.3. The molecule has 1 aromatic heterocycles. The molecule has 1 aliphatic heterocycles. The van der Waals surface area contributed by atoms with E-state index < -0.39 is 5.97 Å². The molecule has 1 amide bonds. The first-order valence-electron chi connectivity index (χ1n) is 8.21. The first kappa shape index (κ1) is 19.3. The van der Waals surface area contributed by atoms with E-state index in [2.05, 4.69) is 5.32 Å². The number of aryl methyl sites for hydroxylation is 1. The normalized spacial score (nSPS) is 15.5. The molecule has 2 aromatic rings. The van der Waals surface area contributed by atoms with E-state index in [0.717, 1.165) is 22.6 Å². The molecule has 0 unspecified atom stereocenters. The summed E-state index contributed by atoms with van der Waals surface area (Å²) in [5, 5.41) is 3.80. The van der Waals surface area contributed by atoms with Gasteiger partial charge in [0.25, 0.3) is 5.91 Å². The van der Waals surface area contributed by atoms with Crippen molar-refractivity contribution in [3.63, 3.8) is 0 Å². The van der Waals surface area contributed by atoms with Gasteiger partial charge in [-0.15, -0.1) is 0 Å². The van der Waals surface area contributed by atoms with Crippen molar-refractivity contribution in [2.75, 3.05) is 7.11 Å². The van der Waals surface area contributed by atoms with E-state index in [0.29, 0.717) is 15.7 Å². The number of allylic oxidation sites excluding steroid dienone is 1. The number of halogens is 2. The summed E-state index contributed by atoms with van der Waals surface area (Å²) in [5.74, 6) is -0.887. The predicted molar refractivity (Wildman–Crippen MR) is 106 cm³/mol. The van der Waals surface area contributed by atoms with Crippen molar-refractivity contribution in [1.82, 2.24) is 9.88 Å². The molecule has 0 spiro atoms. The number of carbonyl (C=O) groups excluding carboxylic acids is 2. The summed E-state index contributed by atoms with van der Waals surface area (Å²) in [7, 11) is 1.29. The van der Waals surface area contributed by atoms with Crippen LogP contribution in [-0.4, -0.2) is 23.6 Å². The zero-order valence-corrected chi connectivity index (χ0v) is 16.8. The maximum Gasteiger partial charge on any atom is 0.340 e. The average molecular weight is 405 g/mol. The third kappa shape index (κ3) is 3.40. The highest BCUT2D eigenvalue weighted by molar-refractivity contribution is 6.34. The fourth-order valence-corrected chi connectivity index (χ4v) is 3.60. The van der Waals surface area contributed by atoms with Crippen LogP contribution in [0.1, 0.15) is 23.9 Å². The Morgan fingerprint density at radius 3 is 2.56 bits per heavy atom. The molecule has 1 N–H and O–H groups in total. The lowest BCUT2D eigenvalue weighted by atomic mass is 10.0. The van der Waals surface area contributed by atoms with Crippen molar-refractivity contribution in [2.45, 2.75) is 20.8 Å². The number of methoxy groups -OCH3 is 1. The topological polar surface area (TPSA) is 60.3 Å². The highest BCUT2D eigenvalue weighted by Gasteiger charge is 2.31. The summed E-state index contributed by atoms with van der Waals surface area (Å²) in [6.07, 6.45) is 1.69. The van der Waals surface area contributed by atoms with Gasteiger partial charge in [-0.05, 0) is 56.7 Å². The van der Waals surface area contributed by atoms with Gasteiger partial charge in [-0.1, -0.05) is 23.2 Å². The number of ether oxygens (including phenoxy) is 1. The van der Waals surface area contributed by atoms with Gasteiger partial charge in [0, 0.05) is 22.1 Å². The van der Waals surface area contributed by atoms with E-state index in [4.69, 9.17) is 27.9 Å². The molecule has 0 saturated carbocycles. The van der Waals surface area contributed by atoms with Gasteiger partial charge in [0.2, 0.25) is 0 Å². The fourth-order valence-electron chi connectivity index (χ4n) is 3.24. The van der Waals surface area contributed by atoms with Gasteiger partial charge in [-0.3, -0.25) is 4.79 Å². The number of aromatic nitrogens is 1. The van der Waals surface area contributed by atoms with Crippen molar-refractivity contribution in [1.29, 1.82) is 0 Å². The Labute approximate surface area is 167 Å². The van der Waals surface area contributed by atoms with Gasteiger partial charge in [0.05, 0.1) is 29.0 Å². The monoisotopic (exact) mass is 404 g/mol. The van der Waals surface area contributed by atoms with Crippen molar-refractivity contribution in [3.05, 3.63) is 68.1 Å². The number of rotatable bonds is 3. The zero-order valence-electron chi connectivity index (χ0n) is 15.3. The minimum absolute atomic E-state index is 0.244. The standard InChI is InChI=1S/C20H18Cl2N2O3/c1-10-7-13(8-15-18(20(26)27-4)11(2)23-19(15)25)12(3)24(10)17-9-14(21)5-6-16(17)22/h5-9H,1-4H3,(H,23,25)/b15-8+. The number of nitrogens with zero attached hydrogens (tertiary/aromatic N) is 1. The van der Waals surface area contributed by atoms with Crippen molar-refractivity contribution < 1.29 is 14.3 Å². The zero-order chi connectivity index (χ0) is 19.9. The molecule has 0 bridgehead atoms. The van der Waals surface area contributed by atoms with Crippen molar-refractivity contribution >= 4 is 41.2 Å².